The summed E-state index contributed by atoms with van der Waals surface area (Å²) in [6, 6.07) is 15.9. The lowest BCUT2D eigenvalue weighted by atomic mass is 10.1. The Bertz CT molecular complexity index is 688. The zero-order chi connectivity index (χ0) is 12.5. The molecule has 0 aliphatic rings. The summed E-state index contributed by atoms with van der Waals surface area (Å²) in [5.74, 6) is 0.870. The lowest BCUT2D eigenvalue weighted by Crippen LogP contribution is -2.29. The maximum Gasteiger partial charge on any atom is 0.262 e. The van der Waals surface area contributed by atoms with E-state index in [0.29, 0.717) is 0 Å². The Morgan fingerprint density at radius 2 is 1.89 bits per heavy atom. The normalized spacial score (nSPS) is 11.0. The van der Waals surface area contributed by atoms with Gasteiger partial charge in [0.1, 0.15) is 5.39 Å². The Morgan fingerprint density at radius 3 is 2.61 bits per heavy atom. The van der Waals surface area contributed by atoms with Gasteiger partial charge in [0.05, 0.1) is 0 Å². The number of aryl methyl sites for hydroxylation is 1. The summed E-state index contributed by atoms with van der Waals surface area (Å²) < 4.78 is 7.80. The van der Waals surface area contributed by atoms with Crippen LogP contribution in [0.15, 0.2) is 53.1 Å². The molecule has 0 N–H and O–H groups in total. The minimum absolute atomic E-state index is 0.726. The van der Waals surface area contributed by atoms with Crippen molar-refractivity contribution >= 4 is 22.5 Å². The minimum atomic E-state index is 0.726. The highest BCUT2D eigenvalue weighted by Crippen LogP contribution is 2.29. The Balaban J connectivity index is 2.32. The van der Waals surface area contributed by atoms with Crippen molar-refractivity contribution < 1.29 is 9.26 Å². The molecule has 0 saturated heterocycles. The van der Waals surface area contributed by atoms with Gasteiger partial charge in [-0.3, -0.25) is 0 Å². The van der Waals surface area contributed by atoms with Gasteiger partial charge in [-0.15, -0.1) is 0 Å². The molecule has 0 amide bonds. The number of fused-ring (bicyclic) bond motifs is 1. The average Bonchev–Trinajstić information content (AvgIpc) is 2.77. The Hall–Kier alpha value is -1.80. The van der Waals surface area contributed by atoms with Gasteiger partial charge in [-0.05, 0) is 23.8 Å². The second-order valence-electron chi connectivity index (χ2n) is 4.14. The SMILES string of the molecule is CC[n+]1oc(-c2ccccc2)c2cc(Cl)ccc21. The van der Waals surface area contributed by atoms with Gasteiger partial charge >= 0.3 is 0 Å². The van der Waals surface area contributed by atoms with Crippen LogP contribution in [0.25, 0.3) is 22.2 Å². The molecule has 2 nitrogen and oxygen atoms in total. The molecule has 3 heteroatoms. The summed E-state index contributed by atoms with van der Waals surface area (Å²) >= 11 is 6.08. The lowest BCUT2D eigenvalue weighted by molar-refractivity contribution is -0.839. The van der Waals surface area contributed by atoms with Gasteiger partial charge in [0, 0.05) is 16.7 Å². The van der Waals surface area contributed by atoms with E-state index in [9.17, 15) is 0 Å². The van der Waals surface area contributed by atoms with Gasteiger partial charge in [0.2, 0.25) is 5.76 Å². The third-order valence-electron chi connectivity index (χ3n) is 3.00. The first-order valence-corrected chi connectivity index (χ1v) is 6.35. The molecule has 18 heavy (non-hydrogen) atoms. The van der Waals surface area contributed by atoms with Crippen molar-refractivity contribution in [2.24, 2.45) is 0 Å². The fraction of sp³-hybridized carbons (Fsp3) is 0.133. The van der Waals surface area contributed by atoms with Gasteiger partial charge in [-0.1, -0.05) is 41.9 Å². The molecule has 0 aliphatic carbocycles. The van der Waals surface area contributed by atoms with Crippen molar-refractivity contribution in [2.75, 3.05) is 0 Å². The lowest BCUT2D eigenvalue weighted by Gasteiger charge is -1.92. The molecule has 0 unspecified atom stereocenters. The highest BCUT2D eigenvalue weighted by molar-refractivity contribution is 6.31. The molecule has 2 aromatic carbocycles. The summed E-state index contributed by atoms with van der Waals surface area (Å²) in [7, 11) is 0. The Labute approximate surface area is 110 Å². The first kappa shape index (κ1) is 11.3. The number of halogens is 1. The standard InChI is InChI=1S/C15H13ClNO/c1-2-17-14-9-8-12(16)10-13(14)15(18-17)11-6-4-3-5-7-11/h3-10H,2H2,1H3/q+1. The largest absolute Gasteiger partial charge is 0.262 e. The van der Waals surface area contributed by atoms with Crippen molar-refractivity contribution in [1.29, 1.82) is 0 Å². The van der Waals surface area contributed by atoms with E-state index in [2.05, 4.69) is 6.92 Å². The maximum absolute atomic E-state index is 6.08. The van der Waals surface area contributed by atoms with E-state index in [-0.39, 0.29) is 0 Å². The summed E-state index contributed by atoms with van der Waals surface area (Å²) in [6.07, 6.45) is 0. The fourth-order valence-electron chi connectivity index (χ4n) is 2.15. The molecule has 1 heterocycles. The monoisotopic (exact) mass is 258 g/mol. The molecule has 0 aliphatic heterocycles. The summed E-state index contributed by atoms with van der Waals surface area (Å²) in [5.41, 5.74) is 2.14. The van der Waals surface area contributed by atoms with Crippen LogP contribution in [-0.2, 0) is 6.54 Å². The van der Waals surface area contributed by atoms with Crippen LogP contribution < -0.4 is 4.74 Å². The van der Waals surface area contributed by atoms with Crippen LogP contribution >= 0.6 is 11.6 Å². The molecule has 0 atom stereocenters. The first-order valence-electron chi connectivity index (χ1n) is 5.97. The molecule has 3 aromatic rings. The van der Waals surface area contributed by atoms with Crippen LogP contribution in [0.3, 0.4) is 0 Å². The quantitative estimate of drug-likeness (QED) is 0.634. The number of hydrogen-bond donors (Lipinski definition) is 0. The first-order chi connectivity index (χ1) is 8.79. The van der Waals surface area contributed by atoms with Crippen LogP contribution in [0, 0.1) is 0 Å². The summed E-state index contributed by atoms with van der Waals surface area (Å²) in [4.78, 5) is 0. The zero-order valence-corrected chi connectivity index (χ0v) is 10.8. The van der Waals surface area contributed by atoms with E-state index >= 15 is 0 Å². The van der Waals surface area contributed by atoms with Crippen LogP contribution in [0.2, 0.25) is 5.02 Å². The van der Waals surface area contributed by atoms with E-state index in [4.69, 9.17) is 16.1 Å². The number of hydrogen-bond acceptors (Lipinski definition) is 1. The number of benzene rings is 2. The van der Waals surface area contributed by atoms with Crippen molar-refractivity contribution in [1.82, 2.24) is 0 Å². The third-order valence-corrected chi connectivity index (χ3v) is 3.23. The van der Waals surface area contributed by atoms with E-state index in [0.717, 1.165) is 33.8 Å². The molecule has 90 valence electrons. The van der Waals surface area contributed by atoms with Gasteiger partial charge in [0.15, 0.2) is 6.54 Å². The molecule has 0 spiro atoms. The van der Waals surface area contributed by atoms with Crippen LogP contribution in [0.1, 0.15) is 6.92 Å². The third kappa shape index (κ3) is 1.79. The van der Waals surface area contributed by atoms with Crippen molar-refractivity contribution in [2.45, 2.75) is 13.5 Å². The van der Waals surface area contributed by atoms with Crippen molar-refractivity contribution in [3.05, 3.63) is 53.6 Å². The predicted octanol–water partition coefficient (Wildman–Crippen LogP) is 4.06. The molecular formula is C15H13ClNO+. The predicted molar refractivity (Wildman–Crippen MR) is 72.5 cm³/mol. The summed E-state index contributed by atoms with van der Waals surface area (Å²) in [5, 5.41) is 1.78. The van der Waals surface area contributed by atoms with Crippen molar-refractivity contribution in [3.8, 4) is 11.3 Å². The molecular weight excluding hydrogens is 246 g/mol. The van der Waals surface area contributed by atoms with Crippen LogP contribution in [0.5, 0.6) is 0 Å². The van der Waals surface area contributed by atoms with Gasteiger partial charge in [0.25, 0.3) is 5.52 Å². The van der Waals surface area contributed by atoms with E-state index in [1.165, 1.54) is 0 Å². The highest BCUT2D eigenvalue weighted by atomic mass is 35.5. The fourth-order valence-corrected chi connectivity index (χ4v) is 2.32. The van der Waals surface area contributed by atoms with E-state index in [1.54, 1.807) is 0 Å². The molecule has 3 rings (SSSR count). The Kier molecular flexibility index (Phi) is 2.80. The minimum Gasteiger partial charge on any atom is -0.235 e. The van der Waals surface area contributed by atoms with Gasteiger partial charge in [-0.25, -0.2) is 4.52 Å². The zero-order valence-electron chi connectivity index (χ0n) is 10.1. The van der Waals surface area contributed by atoms with Crippen LogP contribution in [-0.4, -0.2) is 0 Å². The molecule has 0 fully saturated rings. The van der Waals surface area contributed by atoms with Gasteiger partial charge < -0.3 is 0 Å². The highest BCUT2D eigenvalue weighted by Gasteiger charge is 2.20. The smallest absolute Gasteiger partial charge is 0.235 e. The number of aromatic nitrogens is 1. The van der Waals surface area contributed by atoms with Gasteiger partial charge in [-0.2, -0.15) is 0 Å². The second-order valence-corrected chi connectivity index (χ2v) is 4.58. The van der Waals surface area contributed by atoms with Crippen LogP contribution in [0.4, 0.5) is 0 Å². The average molecular weight is 259 g/mol. The molecule has 0 radical (unpaired) electrons. The number of nitrogens with zero attached hydrogens (tertiary/aromatic N) is 1. The number of rotatable bonds is 2. The molecule has 0 bridgehead atoms. The molecule has 0 saturated carbocycles. The second kappa shape index (κ2) is 4.46. The van der Waals surface area contributed by atoms with E-state index < -0.39 is 0 Å². The van der Waals surface area contributed by atoms with Crippen molar-refractivity contribution in [3.63, 3.8) is 0 Å². The Morgan fingerprint density at radius 1 is 1.11 bits per heavy atom. The topological polar surface area (TPSA) is 17.0 Å². The molecule has 1 aromatic heterocycles. The summed E-state index contributed by atoms with van der Waals surface area (Å²) in [6.45, 7) is 2.86. The maximum atomic E-state index is 6.08. The van der Waals surface area contributed by atoms with E-state index in [1.807, 2.05) is 53.3 Å².